The molecule has 2 amide bonds. The molecule has 0 unspecified atom stereocenters. The van der Waals surface area contributed by atoms with Crippen LogP contribution in [-0.2, 0) is 15.1 Å². The van der Waals surface area contributed by atoms with Crippen molar-refractivity contribution in [2.24, 2.45) is 5.92 Å². The van der Waals surface area contributed by atoms with Gasteiger partial charge < -0.3 is 10.6 Å². The van der Waals surface area contributed by atoms with Gasteiger partial charge in [-0.05, 0) is 50.1 Å². The molecule has 0 bridgehead atoms. The lowest BCUT2D eigenvalue weighted by Gasteiger charge is -2.36. The normalized spacial score (nSPS) is 28.3. The summed E-state index contributed by atoms with van der Waals surface area (Å²) in [5, 5.41) is 5.70. The Morgan fingerprint density at radius 2 is 2.11 bits per heavy atom. The Labute approximate surface area is 170 Å². The molecule has 2 aromatic carbocycles. The Balaban J connectivity index is 1.57. The van der Waals surface area contributed by atoms with E-state index in [0.717, 1.165) is 30.6 Å². The second-order valence-corrected chi connectivity index (χ2v) is 8.57. The van der Waals surface area contributed by atoms with E-state index >= 15 is 0 Å². The van der Waals surface area contributed by atoms with E-state index in [1.54, 1.807) is 6.07 Å². The number of amides is 2. The van der Waals surface area contributed by atoms with E-state index in [2.05, 4.69) is 31.5 Å². The van der Waals surface area contributed by atoms with Crippen molar-refractivity contribution in [1.29, 1.82) is 0 Å². The number of benzene rings is 2. The quantitative estimate of drug-likeness (QED) is 0.740. The fourth-order valence-corrected chi connectivity index (χ4v) is 5.52. The zero-order valence-corrected chi connectivity index (χ0v) is 16.6. The van der Waals surface area contributed by atoms with E-state index < -0.39 is 17.3 Å². The van der Waals surface area contributed by atoms with Gasteiger partial charge in [-0.2, -0.15) is 0 Å². The third-order valence-electron chi connectivity index (χ3n) is 6.28. The first-order chi connectivity index (χ1) is 13.5. The van der Waals surface area contributed by atoms with Gasteiger partial charge in [-0.25, -0.2) is 4.39 Å². The highest BCUT2D eigenvalue weighted by Gasteiger charge is 2.65. The number of carbonyl (C=O) groups excluding carboxylic acids is 2. The van der Waals surface area contributed by atoms with Crippen molar-refractivity contribution in [2.75, 3.05) is 17.2 Å². The number of anilines is 2. The van der Waals surface area contributed by atoms with Crippen molar-refractivity contribution in [1.82, 2.24) is 4.90 Å². The highest BCUT2D eigenvalue weighted by molar-refractivity contribution is 9.10. The lowest BCUT2D eigenvalue weighted by atomic mass is 9.78. The van der Waals surface area contributed by atoms with Crippen molar-refractivity contribution < 1.29 is 14.0 Å². The Morgan fingerprint density at radius 3 is 2.93 bits per heavy atom. The van der Waals surface area contributed by atoms with Gasteiger partial charge in [0.15, 0.2) is 0 Å². The van der Waals surface area contributed by atoms with Crippen LogP contribution in [0.3, 0.4) is 0 Å². The van der Waals surface area contributed by atoms with Crippen LogP contribution in [0.4, 0.5) is 15.8 Å². The van der Waals surface area contributed by atoms with Crippen LogP contribution < -0.4 is 10.6 Å². The third kappa shape index (κ3) is 2.39. The molecule has 1 spiro atoms. The average Bonchev–Trinajstić information content (AvgIpc) is 3.32. The highest BCUT2D eigenvalue weighted by Crippen LogP contribution is 2.55. The van der Waals surface area contributed by atoms with Gasteiger partial charge >= 0.3 is 0 Å². The molecule has 5 nitrogen and oxygen atoms in total. The number of fused-ring (bicyclic) bond motifs is 4. The Hall–Kier alpha value is -2.25. The number of halogens is 2. The molecule has 3 atom stereocenters. The molecule has 144 valence electrons. The molecule has 28 heavy (non-hydrogen) atoms. The molecular weight excluding hydrogens is 425 g/mol. The van der Waals surface area contributed by atoms with Gasteiger partial charge in [0.25, 0.3) is 0 Å². The molecule has 2 aromatic rings. The molecule has 2 N–H and O–H groups in total. The molecule has 3 heterocycles. The summed E-state index contributed by atoms with van der Waals surface area (Å²) in [4.78, 5) is 28.8. The van der Waals surface area contributed by atoms with Gasteiger partial charge in [-0.15, -0.1) is 0 Å². The lowest BCUT2D eigenvalue weighted by molar-refractivity contribution is -0.135. The maximum absolute atomic E-state index is 14.3. The van der Waals surface area contributed by atoms with E-state index in [1.165, 1.54) is 12.1 Å². The van der Waals surface area contributed by atoms with Crippen LogP contribution in [0.25, 0.3) is 0 Å². The molecule has 0 aliphatic carbocycles. The van der Waals surface area contributed by atoms with Crippen LogP contribution in [0, 0.1) is 11.7 Å². The number of rotatable bonds is 2. The van der Waals surface area contributed by atoms with Gasteiger partial charge in [0.05, 0.1) is 11.6 Å². The van der Waals surface area contributed by atoms with E-state index in [1.807, 2.05) is 24.3 Å². The molecule has 5 rings (SSSR count). The number of carbonyl (C=O) groups is 2. The number of hydrogen-bond donors (Lipinski definition) is 2. The Morgan fingerprint density at radius 1 is 1.29 bits per heavy atom. The minimum absolute atomic E-state index is 0.127. The molecule has 7 heteroatoms. The topological polar surface area (TPSA) is 61.4 Å². The second kappa shape index (κ2) is 6.39. The number of hydrogen-bond acceptors (Lipinski definition) is 3. The maximum Gasteiger partial charge on any atom is 0.250 e. The summed E-state index contributed by atoms with van der Waals surface area (Å²) in [5.74, 6) is -1.56. The second-order valence-electron chi connectivity index (χ2n) is 7.66. The molecular formula is C21H19BrFN3O2. The van der Waals surface area contributed by atoms with Crippen LogP contribution >= 0.6 is 15.9 Å². The third-order valence-corrected chi connectivity index (χ3v) is 6.77. The molecule has 0 aromatic heterocycles. The summed E-state index contributed by atoms with van der Waals surface area (Å²) in [6, 6.07) is 12.3. The fraction of sp³-hybridized carbons (Fsp3) is 0.333. The maximum atomic E-state index is 14.3. The van der Waals surface area contributed by atoms with Gasteiger partial charge in [0.1, 0.15) is 11.4 Å². The molecule has 0 radical (unpaired) electrons. The first-order valence-corrected chi connectivity index (χ1v) is 10.2. The summed E-state index contributed by atoms with van der Waals surface area (Å²) in [6.45, 7) is 0.781. The summed E-state index contributed by atoms with van der Waals surface area (Å²) >= 11 is 3.22. The molecule has 3 aliphatic heterocycles. The van der Waals surface area contributed by atoms with Crippen LogP contribution in [0.1, 0.15) is 24.8 Å². The molecule has 0 saturated carbocycles. The summed E-state index contributed by atoms with van der Waals surface area (Å²) in [7, 11) is 0. The smallest absolute Gasteiger partial charge is 0.250 e. The first kappa shape index (κ1) is 17.8. The van der Waals surface area contributed by atoms with Crippen molar-refractivity contribution in [2.45, 2.75) is 30.8 Å². The Kier molecular flexibility index (Phi) is 4.07. The van der Waals surface area contributed by atoms with Crippen molar-refractivity contribution in [3.05, 3.63) is 58.3 Å². The predicted molar refractivity (Wildman–Crippen MR) is 107 cm³/mol. The zero-order valence-electron chi connectivity index (χ0n) is 15.0. The van der Waals surface area contributed by atoms with Gasteiger partial charge in [-0.3, -0.25) is 14.5 Å². The van der Waals surface area contributed by atoms with Gasteiger partial charge in [-0.1, -0.05) is 34.1 Å². The van der Waals surface area contributed by atoms with Crippen LogP contribution in [-0.4, -0.2) is 29.3 Å². The fourth-order valence-electron chi connectivity index (χ4n) is 5.19. The average molecular weight is 444 g/mol. The number of nitrogens with one attached hydrogen (secondary N) is 2. The lowest BCUT2D eigenvalue weighted by Crippen LogP contribution is -2.53. The molecule has 2 fully saturated rings. The van der Waals surface area contributed by atoms with Crippen molar-refractivity contribution in [3.63, 3.8) is 0 Å². The van der Waals surface area contributed by atoms with Crippen LogP contribution in [0.5, 0.6) is 0 Å². The van der Waals surface area contributed by atoms with E-state index in [0.29, 0.717) is 10.9 Å². The summed E-state index contributed by atoms with van der Waals surface area (Å²) in [6.07, 6.45) is 2.57. The summed E-state index contributed by atoms with van der Waals surface area (Å²) < 4.78 is 14.9. The Bertz CT molecular complexity index is 997. The highest BCUT2D eigenvalue weighted by atomic mass is 79.9. The molecule has 2 saturated heterocycles. The first-order valence-electron chi connectivity index (χ1n) is 9.45. The molecule has 3 aliphatic rings. The van der Waals surface area contributed by atoms with Crippen molar-refractivity contribution >= 4 is 39.1 Å². The SMILES string of the molecule is O=C(Nc1ccc(Br)cc1F)[C@H]1C[C@H]2CCCN2[C@@]12C(=O)Nc1ccccc12. The van der Waals surface area contributed by atoms with E-state index in [4.69, 9.17) is 0 Å². The summed E-state index contributed by atoms with van der Waals surface area (Å²) in [5.41, 5.74) is 0.712. The predicted octanol–water partition coefficient (Wildman–Crippen LogP) is 3.86. The van der Waals surface area contributed by atoms with Gasteiger partial charge in [0, 0.05) is 21.8 Å². The minimum Gasteiger partial charge on any atom is -0.324 e. The standard InChI is InChI=1S/C21H19BrFN3O2/c22-12-7-8-18(16(23)10-12)24-19(27)15-11-13-4-3-9-26(13)21(15)14-5-1-2-6-17(14)25-20(21)28/h1-2,5-8,10,13,15H,3-4,9,11H2,(H,24,27)(H,25,28)/t13-,15-,21-/m1/s1. The van der Waals surface area contributed by atoms with Crippen LogP contribution in [0.2, 0.25) is 0 Å². The van der Waals surface area contributed by atoms with E-state index in [-0.39, 0.29) is 23.5 Å². The monoisotopic (exact) mass is 443 g/mol. The van der Waals surface area contributed by atoms with E-state index in [9.17, 15) is 14.0 Å². The van der Waals surface area contributed by atoms with Crippen LogP contribution in [0.15, 0.2) is 46.9 Å². The van der Waals surface area contributed by atoms with Gasteiger partial charge in [0.2, 0.25) is 11.8 Å². The largest absolute Gasteiger partial charge is 0.324 e. The zero-order chi connectivity index (χ0) is 19.5. The number of nitrogens with zero attached hydrogens (tertiary/aromatic N) is 1. The number of para-hydroxylation sites is 1. The minimum atomic E-state index is -1.02. The van der Waals surface area contributed by atoms with Crippen molar-refractivity contribution in [3.8, 4) is 0 Å².